The number of nitrogens with zero attached hydrogens (tertiary/aromatic N) is 5. The second kappa shape index (κ2) is 7.53. The lowest BCUT2D eigenvalue weighted by molar-refractivity contribution is -0.120. The van der Waals surface area contributed by atoms with Crippen LogP contribution in [0.5, 0.6) is 0 Å². The highest BCUT2D eigenvalue weighted by atomic mass is 19.1. The molecule has 0 atom stereocenters. The first-order valence-electron chi connectivity index (χ1n) is 9.55. The van der Waals surface area contributed by atoms with Gasteiger partial charge in [0.25, 0.3) is 0 Å². The van der Waals surface area contributed by atoms with Gasteiger partial charge in [-0.2, -0.15) is 4.52 Å². The number of nitrogens with one attached hydrogen (secondary N) is 1. The Labute approximate surface area is 162 Å². The minimum atomic E-state index is -0.416. The van der Waals surface area contributed by atoms with Gasteiger partial charge in [-0.05, 0) is 37.1 Å². The summed E-state index contributed by atoms with van der Waals surface area (Å²) in [6, 6.07) is 10.1. The second-order valence-electron chi connectivity index (χ2n) is 7.40. The zero-order chi connectivity index (χ0) is 19.7. The van der Waals surface area contributed by atoms with Crippen LogP contribution in [0.3, 0.4) is 0 Å². The summed E-state index contributed by atoms with van der Waals surface area (Å²) in [5.41, 5.74) is 0.961. The molecule has 146 valence electrons. The minimum Gasteiger partial charge on any atom is -0.355 e. The number of carbonyl (C=O) groups excluding carboxylic acids is 1. The number of fused-ring (bicyclic) bond motifs is 1. The van der Waals surface area contributed by atoms with Crippen molar-refractivity contribution in [1.82, 2.24) is 19.8 Å². The highest BCUT2D eigenvalue weighted by molar-refractivity contribution is 5.92. The number of piperidine rings is 1. The van der Waals surface area contributed by atoms with Crippen molar-refractivity contribution < 1.29 is 9.18 Å². The van der Waals surface area contributed by atoms with Crippen LogP contribution in [-0.2, 0) is 4.79 Å². The molecule has 2 aromatic heterocycles. The SMILES string of the molecule is CC(C)c1nnc2ccc(N3CCC(C(=O)Nc4ccccc4F)CC3)nn12. The fraction of sp³-hybridized carbons (Fsp3) is 0.400. The van der Waals surface area contributed by atoms with Gasteiger partial charge in [-0.15, -0.1) is 15.3 Å². The predicted molar refractivity (Wildman–Crippen MR) is 105 cm³/mol. The molecule has 1 N–H and O–H groups in total. The lowest BCUT2D eigenvalue weighted by Crippen LogP contribution is -2.38. The van der Waals surface area contributed by atoms with Crippen LogP contribution in [0.15, 0.2) is 36.4 Å². The Balaban J connectivity index is 1.42. The maximum Gasteiger partial charge on any atom is 0.227 e. The molecular formula is C20H23FN6O. The van der Waals surface area contributed by atoms with E-state index in [0.717, 1.165) is 17.3 Å². The summed E-state index contributed by atoms with van der Waals surface area (Å²) in [6.45, 7) is 5.55. The van der Waals surface area contributed by atoms with Crippen LogP contribution < -0.4 is 10.2 Å². The quantitative estimate of drug-likeness (QED) is 0.750. The van der Waals surface area contributed by atoms with E-state index in [1.807, 2.05) is 12.1 Å². The molecule has 1 aliphatic rings. The normalized spacial score (nSPS) is 15.4. The molecule has 0 spiro atoms. The van der Waals surface area contributed by atoms with Crippen LogP contribution in [0.4, 0.5) is 15.9 Å². The molecule has 0 saturated carbocycles. The topological polar surface area (TPSA) is 75.4 Å². The lowest BCUT2D eigenvalue weighted by atomic mass is 9.96. The van der Waals surface area contributed by atoms with Gasteiger partial charge in [0.05, 0.1) is 5.69 Å². The van der Waals surface area contributed by atoms with Gasteiger partial charge in [0.1, 0.15) is 11.6 Å². The zero-order valence-electron chi connectivity index (χ0n) is 16.0. The summed E-state index contributed by atoms with van der Waals surface area (Å²) in [6.07, 6.45) is 1.39. The number of amides is 1. The van der Waals surface area contributed by atoms with Gasteiger partial charge in [-0.1, -0.05) is 26.0 Å². The molecule has 28 heavy (non-hydrogen) atoms. The number of para-hydroxylation sites is 1. The summed E-state index contributed by atoms with van der Waals surface area (Å²) >= 11 is 0. The molecule has 4 rings (SSSR count). The molecule has 0 unspecified atom stereocenters. The molecule has 0 radical (unpaired) electrons. The van der Waals surface area contributed by atoms with E-state index in [1.165, 1.54) is 6.07 Å². The van der Waals surface area contributed by atoms with E-state index in [4.69, 9.17) is 5.10 Å². The van der Waals surface area contributed by atoms with Crippen molar-refractivity contribution in [2.45, 2.75) is 32.6 Å². The third-order valence-corrected chi connectivity index (χ3v) is 5.11. The molecule has 1 amide bonds. The van der Waals surface area contributed by atoms with Crippen LogP contribution >= 0.6 is 0 Å². The van der Waals surface area contributed by atoms with Crippen molar-refractivity contribution >= 4 is 23.1 Å². The number of rotatable bonds is 4. The van der Waals surface area contributed by atoms with Crippen molar-refractivity contribution in [3.8, 4) is 0 Å². The van der Waals surface area contributed by atoms with Gasteiger partial charge in [0.15, 0.2) is 11.5 Å². The molecule has 1 saturated heterocycles. The van der Waals surface area contributed by atoms with Crippen LogP contribution in [0.2, 0.25) is 0 Å². The van der Waals surface area contributed by atoms with E-state index in [2.05, 4.69) is 34.3 Å². The van der Waals surface area contributed by atoms with Crippen molar-refractivity contribution in [1.29, 1.82) is 0 Å². The zero-order valence-corrected chi connectivity index (χ0v) is 16.0. The van der Waals surface area contributed by atoms with E-state index in [-0.39, 0.29) is 23.4 Å². The van der Waals surface area contributed by atoms with Crippen molar-refractivity contribution in [3.63, 3.8) is 0 Å². The lowest BCUT2D eigenvalue weighted by Gasteiger charge is -2.32. The standard InChI is InChI=1S/C20H23FN6O/c1-13(2)19-24-23-17-7-8-18(25-27(17)19)26-11-9-14(10-12-26)20(28)22-16-6-4-3-5-15(16)21/h3-8,13-14H,9-12H2,1-2H3,(H,22,28). The van der Waals surface area contributed by atoms with E-state index in [1.54, 1.807) is 22.7 Å². The third-order valence-electron chi connectivity index (χ3n) is 5.11. The second-order valence-corrected chi connectivity index (χ2v) is 7.40. The van der Waals surface area contributed by atoms with Gasteiger partial charge in [-0.3, -0.25) is 4.79 Å². The molecule has 7 nitrogen and oxygen atoms in total. The number of anilines is 2. The molecular weight excluding hydrogens is 359 g/mol. The van der Waals surface area contributed by atoms with Crippen LogP contribution in [0.1, 0.15) is 38.4 Å². The van der Waals surface area contributed by atoms with Crippen molar-refractivity contribution in [2.24, 2.45) is 5.92 Å². The summed E-state index contributed by atoms with van der Waals surface area (Å²) in [7, 11) is 0. The Kier molecular flexibility index (Phi) is 4.93. The van der Waals surface area contributed by atoms with Crippen molar-refractivity contribution in [3.05, 3.63) is 48.0 Å². The van der Waals surface area contributed by atoms with Crippen LogP contribution in [-0.4, -0.2) is 38.8 Å². The summed E-state index contributed by atoms with van der Waals surface area (Å²) in [4.78, 5) is 14.7. The summed E-state index contributed by atoms with van der Waals surface area (Å²) in [5.74, 6) is 1.22. The third kappa shape index (κ3) is 3.54. The average Bonchev–Trinajstić information content (AvgIpc) is 3.13. The smallest absolute Gasteiger partial charge is 0.227 e. The molecule has 1 aromatic carbocycles. The van der Waals surface area contributed by atoms with Crippen LogP contribution in [0, 0.1) is 11.7 Å². The maximum absolute atomic E-state index is 13.7. The highest BCUT2D eigenvalue weighted by Gasteiger charge is 2.26. The van der Waals surface area contributed by atoms with Gasteiger partial charge < -0.3 is 10.2 Å². The molecule has 3 heterocycles. The van der Waals surface area contributed by atoms with Gasteiger partial charge in [0, 0.05) is 24.9 Å². The van der Waals surface area contributed by atoms with Gasteiger partial charge >= 0.3 is 0 Å². The summed E-state index contributed by atoms with van der Waals surface area (Å²) < 4.78 is 15.5. The van der Waals surface area contributed by atoms with Crippen LogP contribution in [0.25, 0.3) is 5.65 Å². The largest absolute Gasteiger partial charge is 0.355 e. The monoisotopic (exact) mass is 382 g/mol. The number of benzene rings is 1. The fourth-order valence-corrected chi connectivity index (χ4v) is 3.49. The van der Waals surface area contributed by atoms with E-state index < -0.39 is 5.82 Å². The van der Waals surface area contributed by atoms with Crippen molar-refractivity contribution in [2.75, 3.05) is 23.3 Å². The minimum absolute atomic E-state index is 0.130. The number of halogens is 1. The molecule has 3 aromatic rings. The molecule has 0 aliphatic carbocycles. The highest BCUT2D eigenvalue weighted by Crippen LogP contribution is 2.24. The first kappa shape index (κ1) is 18.3. The van der Waals surface area contributed by atoms with Gasteiger partial charge in [0.2, 0.25) is 5.91 Å². The average molecular weight is 382 g/mol. The first-order valence-corrected chi connectivity index (χ1v) is 9.55. The van der Waals surface area contributed by atoms with E-state index in [0.29, 0.717) is 25.9 Å². The Morgan fingerprint density at radius 1 is 1.14 bits per heavy atom. The summed E-state index contributed by atoms with van der Waals surface area (Å²) in [5, 5.41) is 15.8. The number of aromatic nitrogens is 4. The predicted octanol–water partition coefficient (Wildman–Crippen LogP) is 3.24. The van der Waals surface area contributed by atoms with E-state index >= 15 is 0 Å². The number of hydrogen-bond donors (Lipinski definition) is 1. The molecule has 1 fully saturated rings. The Bertz CT molecular complexity index is 993. The number of hydrogen-bond acceptors (Lipinski definition) is 5. The molecule has 1 aliphatic heterocycles. The number of carbonyl (C=O) groups is 1. The maximum atomic E-state index is 13.7. The fourth-order valence-electron chi connectivity index (χ4n) is 3.49. The van der Waals surface area contributed by atoms with E-state index in [9.17, 15) is 9.18 Å². The Morgan fingerprint density at radius 3 is 2.61 bits per heavy atom. The molecule has 8 heteroatoms. The first-order chi connectivity index (χ1) is 13.5. The molecule has 0 bridgehead atoms. The Morgan fingerprint density at radius 2 is 1.89 bits per heavy atom. The Hall–Kier alpha value is -3.03. The van der Waals surface area contributed by atoms with Gasteiger partial charge in [-0.25, -0.2) is 4.39 Å².